The third-order valence-corrected chi connectivity index (χ3v) is 4.32. The third kappa shape index (κ3) is 3.47. The number of hydrogen-bond acceptors (Lipinski definition) is 3. The van der Waals surface area contributed by atoms with Crippen molar-refractivity contribution in [1.29, 1.82) is 0 Å². The number of benzene rings is 1. The van der Waals surface area contributed by atoms with E-state index in [9.17, 15) is 9.59 Å². The molecule has 1 aliphatic rings. The van der Waals surface area contributed by atoms with Crippen LogP contribution in [0.5, 0.6) is 0 Å². The highest BCUT2D eigenvalue weighted by Crippen LogP contribution is 2.28. The van der Waals surface area contributed by atoms with Crippen molar-refractivity contribution in [3.8, 4) is 0 Å². The average Bonchev–Trinajstić information content (AvgIpc) is 2.98. The lowest BCUT2D eigenvalue weighted by molar-refractivity contribution is -0.116. The largest absolute Gasteiger partial charge is 0.444 e. The number of amides is 2. The van der Waals surface area contributed by atoms with E-state index < -0.39 is 0 Å². The monoisotopic (exact) mass is 376 g/mol. The molecular formula is C17H17BrN2O3. The molecule has 23 heavy (non-hydrogen) atoms. The summed E-state index contributed by atoms with van der Waals surface area (Å²) in [5, 5.41) is 2.84. The summed E-state index contributed by atoms with van der Waals surface area (Å²) in [5.74, 6) is 0.0896. The number of hydrogen-bond donors (Lipinski definition) is 1. The molecule has 0 spiro atoms. The van der Waals surface area contributed by atoms with Crippen molar-refractivity contribution in [3.05, 3.63) is 51.9 Å². The highest BCUT2D eigenvalue weighted by molar-refractivity contribution is 9.10. The van der Waals surface area contributed by atoms with Crippen LogP contribution >= 0.6 is 15.9 Å². The molecule has 6 heteroatoms. The highest BCUT2D eigenvalue weighted by Gasteiger charge is 2.20. The van der Waals surface area contributed by atoms with Gasteiger partial charge in [-0.3, -0.25) is 9.59 Å². The van der Waals surface area contributed by atoms with Crippen LogP contribution in [-0.4, -0.2) is 18.4 Å². The number of fused-ring (bicyclic) bond motifs is 1. The van der Waals surface area contributed by atoms with E-state index in [-0.39, 0.29) is 17.6 Å². The zero-order valence-electron chi connectivity index (χ0n) is 12.8. The van der Waals surface area contributed by atoms with Crippen LogP contribution in [0.4, 0.5) is 5.69 Å². The number of nitrogens with one attached hydrogen (secondary N) is 1. The molecule has 0 fully saturated rings. The van der Waals surface area contributed by atoms with Crippen LogP contribution in [0.2, 0.25) is 0 Å². The molecule has 0 radical (unpaired) electrons. The zero-order valence-corrected chi connectivity index (χ0v) is 14.4. The van der Waals surface area contributed by atoms with E-state index in [2.05, 4.69) is 27.3 Å². The Hall–Kier alpha value is -2.08. The van der Waals surface area contributed by atoms with Gasteiger partial charge in [0.25, 0.3) is 5.91 Å². The second kappa shape index (κ2) is 6.58. The second-order valence-electron chi connectivity index (χ2n) is 5.52. The Balaban J connectivity index is 1.70. The summed E-state index contributed by atoms with van der Waals surface area (Å²) in [4.78, 5) is 25.5. The van der Waals surface area contributed by atoms with E-state index in [1.165, 1.54) is 0 Å². The molecule has 1 N–H and O–H groups in total. The van der Waals surface area contributed by atoms with Gasteiger partial charge in [0.1, 0.15) is 0 Å². The summed E-state index contributed by atoms with van der Waals surface area (Å²) in [7, 11) is 0. The summed E-state index contributed by atoms with van der Waals surface area (Å²) in [6.45, 7) is 2.78. The maximum Gasteiger partial charge on any atom is 0.287 e. The fourth-order valence-electron chi connectivity index (χ4n) is 2.79. The molecule has 2 heterocycles. The standard InChI is InChI=1S/C17H17BrN2O3/c1-11(21)20-8-2-3-13-9-12(4-5-14(13)20)10-19-17(22)15-6-7-16(18)23-15/h4-7,9H,2-3,8,10H2,1H3,(H,19,22). The number of halogens is 1. The van der Waals surface area contributed by atoms with Crippen LogP contribution in [-0.2, 0) is 17.8 Å². The lowest BCUT2D eigenvalue weighted by Gasteiger charge is -2.29. The minimum Gasteiger partial charge on any atom is -0.444 e. The van der Waals surface area contributed by atoms with Gasteiger partial charge in [-0.1, -0.05) is 12.1 Å². The minimum absolute atomic E-state index is 0.0652. The van der Waals surface area contributed by atoms with E-state index >= 15 is 0 Å². The Morgan fingerprint density at radius 1 is 1.30 bits per heavy atom. The topological polar surface area (TPSA) is 62.6 Å². The fourth-order valence-corrected chi connectivity index (χ4v) is 3.10. The molecule has 0 atom stereocenters. The molecule has 0 bridgehead atoms. The Bertz CT molecular complexity index is 754. The van der Waals surface area contributed by atoms with Gasteiger partial charge in [0, 0.05) is 25.7 Å². The van der Waals surface area contributed by atoms with Gasteiger partial charge in [-0.05, 0) is 58.1 Å². The summed E-state index contributed by atoms with van der Waals surface area (Å²) in [5.41, 5.74) is 3.14. The van der Waals surface area contributed by atoms with Gasteiger partial charge < -0.3 is 14.6 Å². The summed E-state index contributed by atoms with van der Waals surface area (Å²) < 4.78 is 5.75. The van der Waals surface area contributed by atoms with Gasteiger partial charge in [-0.15, -0.1) is 0 Å². The van der Waals surface area contributed by atoms with E-state index in [1.807, 2.05) is 17.0 Å². The van der Waals surface area contributed by atoms with Crippen LogP contribution < -0.4 is 10.2 Å². The molecule has 5 nitrogen and oxygen atoms in total. The van der Waals surface area contributed by atoms with Crippen LogP contribution in [0.3, 0.4) is 0 Å². The molecule has 0 saturated carbocycles. The van der Waals surface area contributed by atoms with Crippen molar-refractivity contribution >= 4 is 33.4 Å². The van der Waals surface area contributed by atoms with Crippen molar-refractivity contribution in [1.82, 2.24) is 5.32 Å². The number of aryl methyl sites for hydroxylation is 1. The first-order chi connectivity index (χ1) is 11.0. The molecule has 1 aliphatic heterocycles. The van der Waals surface area contributed by atoms with Crippen LogP contribution in [0.15, 0.2) is 39.4 Å². The predicted molar refractivity (Wildman–Crippen MR) is 90.4 cm³/mol. The Morgan fingerprint density at radius 2 is 2.13 bits per heavy atom. The Kier molecular flexibility index (Phi) is 4.52. The molecule has 1 aromatic carbocycles. The van der Waals surface area contributed by atoms with E-state index in [0.717, 1.165) is 36.2 Å². The minimum atomic E-state index is -0.251. The summed E-state index contributed by atoms with van der Waals surface area (Å²) in [6.07, 6.45) is 1.91. The highest BCUT2D eigenvalue weighted by atomic mass is 79.9. The maximum absolute atomic E-state index is 12.0. The SMILES string of the molecule is CC(=O)N1CCCc2cc(CNC(=O)c3ccc(Br)o3)ccc21. The number of carbonyl (C=O) groups excluding carboxylic acids is 2. The van der Waals surface area contributed by atoms with Crippen LogP contribution in [0, 0.1) is 0 Å². The average molecular weight is 377 g/mol. The van der Waals surface area contributed by atoms with Crippen molar-refractivity contribution in [3.63, 3.8) is 0 Å². The normalized spacial score (nSPS) is 13.6. The van der Waals surface area contributed by atoms with Gasteiger partial charge >= 0.3 is 0 Å². The summed E-state index contributed by atoms with van der Waals surface area (Å²) >= 11 is 3.18. The number of anilines is 1. The quantitative estimate of drug-likeness (QED) is 0.893. The molecule has 1 aromatic heterocycles. The molecule has 3 rings (SSSR count). The van der Waals surface area contributed by atoms with Gasteiger partial charge in [0.05, 0.1) is 0 Å². The number of rotatable bonds is 3. The first-order valence-corrected chi connectivity index (χ1v) is 8.27. The molecule has 2 aromatic rings. The van der Waals surface area contributed by atoms with Crippen molar-refractivity contribution < 1.29 is 14.0 Å². The number of furan rings is 1. The van der Waals surface area contributed by atoms with Crippen molar-refractivity contribution in [2.45, 2.75) is 26.3 Å². The lowest BCUT2D eigenvalue weighted by Crippen LogP contribution is -2.33. The predicted octanol–water partition coefficient (Wildman–Crippen LogP) is 3.27. The number of carbonyl (C=O) groups is 2. The summed E-state index contributed by atoms with van der Waals surface area (Å²) in [6, 6.07) is 9.27. The van der Waals surface area contributed by atoms with Gasteiger partial charge in [0.2, 0.25) is 5.91 Å². The molecule has 2 amide bonds. The first-order valence-electron chi connectivity index (χ1n) is 7.48. The molecular weight excluding hydrogens is 360 g/mol. The molecule has 0 saturated heterocycles. The van der Waals surface area contributed by atoms with E-state index in [1.54, 1.807) is 19.1 Å². The molecule has 120 valence electrons. The third-order valence-electron chi connectivity index (χ3n) is 3.89. The molecule has 0 aliphatic carbocycles. The van der Waals surface area contributed by atoms with Crippen LogP contribution in [0.25, 0.3) is 0 Å². The van der Waals surface area contributed by atoms with Crippen molar-refractivity contribution in [2.24, 2.45) is 0 Å². The fraction of sp³-hybridized carbons (Fsp3) is 0.294. The zero-order chi connectivity index (χ0) is 16.4. The van der Waals surface area contributed by atoms with E-state index in [0.29, 0.717) is 11.2 Å². The van der Waals surface area contributed by atoms with E-state index in [4.69, 9.17) is 4.42 Å². The van der Waals surface area contributed by atoms with Gasteiger partial charge in [0.15, 0.2) is 10.4 Å². The Labute approximate surface area is 142 Å². The smallest absolute Gasteiger partial charge is 0.287 e. The van der Waals surface area contributed by atoms with Gasteiger partial charge in [-0.2, -0.15) is 0 Å². The molecule has 0 unspecified atom stereocenters. The van der Waals surface area contributed by atoms with Crippen molar-refractivity contribution in [2.75, 3.05) is 11.4 Å². The second-order valence-corrected chi connectivity index (χ2v) is 6.31. The number of nitrogens with zero attached hydrogens (tertiary/aromatic N) is 1. The maximum atomic E-state index is 12.0. The Morgan fingerprint density at radius 3 is 2.83 bits per heavy atom. The lowest BCUT2D eigenvalue weighted by atomic mass is 9.99. The van der Waals surface area contributed by atoms with Gasteiger partial charge in [-0.25, -0.2) is 0 Å². The first kappa shape index (κ1) is 15.8. The van der Waals surface area contributed by atoms with Crippen LogP contribution in [0.1, 0.15) is 35.0 Å².